The number of aliphatic hydroxyl groups is 1. The maximum Gasteiger partial charge on any atom is 0.330 e. The number of carbonyl (C=O) groups excluding carboxylic acids is 1. The first-order valence-electron chi connectivity index (χ1n) is 4.17. The molecule has 0 saturated heterocycles. The molecular formula is C10H16O3. The van der Waals surface area contributed by atoms with Crippen LogP contribution < -0.4 is 0 Å². The quantitative estimate of drug-likeness (QED) is 0.398. The summed E-state index contributed by atoms with van der Waals surface area (Å²) in [7, 11) is 1.31. The van der Waals surface area contributed by atoms with Gasteiger partial charge in [0, 0.05) is 6.08 Å². The fourth-order valence-electron chi connectivity index (χ4n) is 0.743. The molecule has 0 heterocycles. The van der Waals surface area contributed by atoms with Gasteiger partial charge < -0.3 is 9.84 Å². The second-order valence-electron chi connectivity index (χ2n) is 2.82. The second-order valence-corrected chi connectivity index (χ2v) is 2.82. The molecule has 0 unspecified atom stereocenters. The highest BCUT2D eigenvalue weighted by atomic mass is 16.5. The summed E-state index contributed by atoms with van der Waals surface area (Å²) in [6.07, 6.45) is 4.52. The molecule has 0 bridgehead atoms. The first-order valence-corrected chi connectivity index (χ1v) is 4.17. The zero-order chi connectivity index (χ0) is 10.3. The number of ether oxygens (including phenoxy) is 1. The molecule has 0 saturated carbocycles. The van der Waals surface area contributed by atoms with Crippen LogP contribution in [-0.2, 0) is 9.53 Å². The molecular weight excluding hydrogens is 168 g/mol. The van der Waals surface area contributed by atoms with E-state index in [0.29, 0.717) is 6.42 Å². The van der Waals surface area contributed by atoms with Gasteiger partial charge in [0.25, 0.3) is 0 Å². The molecule has 3 heteroatoms. The van der Waals surface area contributed by atoms with Crippen LogP contribution in [0.5, 0.6) is 0 Å². The van der Waals surface area contributed by atoms with Crippen LogP contribution in [0, 0.1) is 5.92 Å². The third kappa shape index (κ3) is 5.20. The lowest BCUT2D eigenvalue weighted by Gasteiger charge is -2.11. The van der Waals surface area contributed by atoms with Gasteiger partial charge in [-0.3, -0.25) is 0 Å². The fourth-order valence-corrected chi connectivity index (χ4v) is 0.743. The minimum absolute atomic E-state index is 0.0299. The van der Waals surface area contributed by atoms with E-state index in [1.54, 1.807) is 12.2 Å². The van der Waals surface area contributed by atoms with Crippen LogP contribution in [0.15, 0.2) is 24.8 Å². The van der Waals surface area contributed by atoms with Crippen molar-refractivity contribution in [2.75, 3.05) is 7.11 Å². The summed E-state index contributed by atoms with van der Waals surface area (Å²) in [6.45, 7) is 5.43. The Kier molecular flexibility index (Phi) is 5.89. The van der Waals surface area contributed by atoms with Crippen molar-refractivity contribution in [2.45, 2.75) is 19.4 Å². The highest BCUT2D eigenvalue weighted by Crippen LogP contribution is 2.07. The number of carbonyl (C=O) groups is 1. The van der Waals surface area contributed by atoms with Crippen molar-refractivity contribution in [3.63, 3.8) is 0 Å². The van der Waals surface area contributed by atoms with Gasteiger partial charge in [0.2, 0.25) is 0 Å². The second kappa shape index (κ2) is 6.43. The number of aliphatic hydroxyl groups excluding tert-OH is 1. The maximum absolute atomic E-state index is 10.6. The number of hydrogen-bond donors (Lipinski definition) is 1. The fraction of sp³-hybridized carbons (Fsp3) is 0.500. The standard InChI is InChI=1S/C10H16O3/c1-4-8(2)9(11)6-5-7-10(12)13-3/h4-5,7-9,11H,1,6H2,2-3H3/b7-5+/t8-,9+/m1/s1. The lowest BCUT2D eigenvalue weighted by atomic mass is 10.0. The van der Waals surface area contributed by atoms with Crippen LogP contribution in [0.25, 0.3) is 0 Å². The predicted octanol–water partition coefficient (Wildman–Crippen LogP) is 1.29. The Morgan fingerprint density at radius 2 is 2.31 bits per heavy atom. The molecule has 0 aromatic heterocycles. The van der Waals surface area contributed by atoms with Crippen molar-refractivity contribution in [2.24, 2.45) is 5.92 Å². The summed E-state index contributed by atoms with van der Waals surface area (Å²) in [5, 5.41) is 9.43. The van der Waals surface area contributed by atoms with E-state index in [1.807, 2.05) is 6.92 Å². The zero-order valence-electron chi connectivity index (χ0n) is 8.06. The summed E-state index contributed by atoms with van der Waals surface area (Å²) in [6, 6.07) is 0. The summed E-state index contributed by atoms with van der Waals surface area (Å²) in [5.74, 6) is -0.374. The Morgan fingerprint density at radius 1 is 1.69 bits per heavy atom. The molecule has 74 valence electrons. The van der Waals surface area contributed by atoms with Crippen molar-refractivity contribution < 1.29 is 14.6 Å². The van der Waals surface area contributed by atoms with Gasteiger partial charge >= 0.3 is 5.97 Å². The van der Waals surface area contributed by atoms with E-state index >= 15 is 0 Å². The van der Waals surface area contributed by atoms with E-state index in [4.69, 9.17) is 0 Å². The van der Waals surface area contributed by atoms with E-state index in [2.05, 4.69) is 11.3 Å². The molecule has 0 spiro atoms. The van der Waals surface area contributed by atoms with Crippen molar-refractivity contribution in [1.29, 1.82) is 0 Å². The summed E-state index contributed by atoms with van der Waals surface area (Å²) in [5.41, 5.74) is 0. The van der Waals surface area contributed by atoms with Gasteiger partial charge in [-0.1, -0.05) is 19.1 Å². The largest absolute Gasteiger partial charge is 0.466 e. The van der Waals surface area contributed by atoms with Gasteiger partial charge in [-0.05, 0) is 12.3 Å². The normalized spacial score (nSPS) is 15.3. The van der Waals surface area contributed by atoms with Crippen molar-refractivity contribution >= 4 is 5.97 Å². The molecule has 0 aromatic rings. The van der Waals surface area contributed by atoms with E-state index in [0.717, 1.165) is 0 Å². The third-order valence-electron chi connectivity index (χ3n) is 1.81. The van der Waals surface area contributed by atoms with Crippen LogP contribution in [0.3, 0.4) is 0 Å². The molecule has 0 aliphatic heterocycles. The summed E-state index contributed by atoms with van der Waals surface area (Å²) in [4.78, 5) is 10.6. The van der Waals surface area contributed by atoms with Gasteiger partial charge in [0.1, 0.15) is 0 Å². The lowest BCUT2D eigenvalue weighted by Crippen LogP contribution is -2.14. The maximum atomic E-state index is 10.6. The molecule has 0 aliphatic carbocycles. The Balaban J connectivity index is 3.81. The first kappa shape index (κ1) is 11.9. The summed E-state index contributed by atoms with van der Waals surface area (Å²) < 4.78 is 4.39. The molecule has 0 aromatic carbocycles. The Bertz CT molecular complexity index is 196. The van der Waals surface area contributed by atoms with Crippen molar-refractivity contribution in [1.82, 2.24) is 0 Å². The average molecular weight is 184 g/mol. The van der Waals surface area contributed by atoms with Gasteiger partial charge in [0.05, 0.1) is 13.2 Å². The Hall–Kier alpha value is -1.09. The monoisotopic (exact) mass is 184 g/mol. The number of rotatable bonds is 5. The van der Waals surface area contributed by atoms with Gasteiger partial charge in [-0.2, -0.15) is 0 Å². The number of methoxy groups -OCH3 is 1. The number of esters is 1. The van der Waals surface area contributed by atoms with Gasteiger partial charge in [-0.25, -0.2) is 4.79 Å². The molecule has 0 rings (SSSR count). The molecule has 0 amide bonds. The van der Waals surface area contributed by atoms with Crippen LogP contribution in [0.4, 0.5) is 0 Å². The van der Waals surface area contributed by atoms with Crippen LogP contribution in [0.1, 0.15) is 13.3 Å². The number of hydrogen-bond acceptors (Lipinski definition) is 3. The highest BCUT2D eigenvalue weighted by molar-refractivity contribution is 5.81. The third-order valence-corrected chi connectivity index (χ3v) is 1.81. The van der Waals surface area contributed by atoms with E-state index in [-0.39, 0.29) is 5.92 Å². The van der Waals surface area contributed by atoms with E-state index in [1.165, 1.54) is 13.2 Å². The Morgan fingerprint density at radius 3 is 2.77 bits per heavy atom. The average Bonchev–Trinajstić information content (AvgIpc) is 2.15. The van der Waals surface area contributed by atoms with E-state index in [9.17, 15) is 9.90 Å². The molecule has 2 atom stereocenters. The van der Waals surface area contributed by atoms with Gasteiger partial charge in [0.15, 0.2) is 0 Å². The lowest BCUT2D eigenvalue weighted by molar-refractivity contribution is -0.134. The zero-order valence-corrected chi connectivity index (χ0v) is 8.06. The van der Waals surface area contributed by atoms with Crippen molar-refractivity contribution in [3.05, 3.63) is 24.8 Å². The van der Waals surface area contributed by atoms with Crippen molar-refractivity contribution in [3.8, 4) is 0 Å². The molecule has 0 radical (unpaired) electrons. The first-order chi connectivity index (χ1) is 6.11. The minimum atomic E-state index is -0.488. The molecule has 0 fully saturated rings. The molecule has 1 N–H and O–H groups in total. The highest BCUT2D eigenvalue weighted by Gasteiger charge is 2.08. The predicted molar refractivity (Wildman–Crippen MR) is 51.1 cm³/mol. The Labute approximate surface area is 78.7 Å². The summed E-state index contributed by atoms with van der Waals surface area (Å²) >= 11 is 0. The minimum Gasteiger partial charge on any atom is -0.466 e. The molecule has 3 nitrogen and oxygen atoms in total. The van der Waals surface area contributed by atoms with Crippen LogP contribution >= 0.6 is 0 Å². The molecule has 13 heavy (non-hydrogen) atoms. The topological polar surface area (TPSA) is 46.5 Å². The SMILES string of the molecule is C=C[C@@H](C)[C@@H](O)C/C=C/C(=O)OC. The van der Waals surface area contributed by atoms with E-state index < -0.39 is 12.1 Å². The van der Waals surface area contributed by atoms with Crippen LogP contribution in [0.2, 0.25) is 0 Å². The van der Waals surface area contributed by atoms with Gasteiger partial charge in [-0.15, -0.1) is 6.58 Å². The van der Waals surface area contributed by atoms with Crippen LogP contribution in [-0.4, -0.2) is 24.3 Å². The smallest absolute Gasteiger partial charge is 0.330 e. The molecule has 0 aliphatic rings.